The molecular weight excluding hydrogens is 454 g/mol. The van der Waals surface area contributed by atoms with Gasteiger partial charge in [-0.25, -0.2) is 0 Å². The Labute approximate surface area is 230 Å². The topological polar surface area (TPSA) is 21.7 Å². The lowest BCUT2D eigenvalue weighted by molar-refractivity contribution is -0.226. The van der Waals surface area contributed by atoms with Gasteiger partial charge in [-0.05, 0) is 119 Å². The summed E-state index contributed by atoms with van der Waals surface area (Å²) < 4.78 is 12.4. The fourth-order valence-corrected chi connectivity index (χ4v) is 5.93. The van der Waals surface area contributed by atoms with E-state index in [-0.39, 0.29) is 17.8 Å². The zero-order valence-electron chi connectivity index (χ0n) is 25.7. The lowest BCUT2D eigenvalue weighted by atomic mass is 9.72. The van der Waals surface area contributed by atoms with Crippen LogP contribution in [-0.4, -0.2) is 43.5 Å². The highest BCUT2D eigenvalue weighted by atomic mass is 16.7. The number of piperidine rings is 1. The van der Waals surface area contributed by atoms with E-state index in [1.807, 2.05) is 0 Å². The number of allylic oxidation sites excluding steroid dienone is 8. The number of unbranched alkanes of at least 4 members (excludes halogenated alkanes) is 1. The molecule has 2 heterocycles. The van der Waals surface area contributed by atoms with Crippen molar-refractivity contribution in [2.24, 2.45) is 5.41 Å². The Morgan fingerprint density at radius 3 is 2.00 bits per heavy atom. The van der Waals surface area contributed by atoms with E-state index in [4.69, 9.17) is 9.47 Å². The molecule has 0 aromatic carbocycles. The Morgan fingerprint density at radius 2 is 1.41 bits per heavy atom. The molecule has 0 aromatic heterocycles. The molecular formula is C34H59NO2. The first-order valence-corrected chi connectivity index (χ1v) is 15.2. The summed E-state index contributed by atoms with van der Waals surface area (Å²) in [6.07, 6.45) is 23.9. The Kier molecular flexibility index (Phi) is 14.5. The minimum Gasteiger partial charge on any atom is -0.353 e. The van der Waals surface area contributed by atoms with Gasteiger partial charge in [0, 0.05) is 24.6 Å². The maximum absolute atomic E-state index is 6.53. The first-order chi connectivity index (χ1) is 17.6. The van der Waals surface area contributed by atoms with Gasteiger partial charge in [-0.3, -0.25) is 0 Å². The lowest BCUT2D eigenvalue weighted by Gasteiger charge is -2.50. The van der Waals surface area contributed by atoms with Gasteiger partial charge in [0.2, 0.25) is 0 Å². The molecule has 0 amide bonds. The minimum atomic E-state index is 0.00724. The smallest absolute Gasteiger partial charge is 0.157 e. The highest BCUT2D eigenvalue weighted by Gasteiger charge is 2.44. The van der Waals surface area contributed by atoms with Crippen LogP contribution in [0.25, 0.3) is 0 Å². The monoisotopic (exact) mass is 513 g/mol. The van der Waals surface area contributed by atoms with E-state index in [1.54, 1.807) is 0 Å². The van der Waals surface area contributed by atoms with Crippen molar-refractivity contribution in [1.82, 2.24) is 4.90 Å². The Morgan fingerprint density at radius 1 is 0.811 bits per heavy atom. The first-order valence-electron chi connectivity index (χ1n) is 15.2. The Bertz CT molecular complexity index is 778. The van der Waals surface area contributed by atoms with Crippen LogP contribution >= 0.6 is 0 Å². The highest BCUT2D eigenvalue weighted by molar-refractivity contribution is 5.07. The van der Waals surface area contributed by atoms with E-state index in [0.29, 0.717) is 6.04 Å². The second-order valence-corrected chi connectivity index (χ2v) is 12.7. The van der Waals surface area contributed by atoms with Gasteiger partial charge in [-0.2, -0.15) is 0 Å². The van der Waals surface area contributed by atoms with Crippen LogP contribution in [0.5, 0.6) is 0 Å². The number of ether oxygens (including phenoxy) is 2. The summed E-state index contributed by atoms with van der Waals surface area (Å²) in [5, 5.41) is 0. The number of rotatable bonds is 14. The van der Waals surface area contributed by atoms with E-state index in [2.05, 4.69) is 84.7 Å². The Hall–Kier alpha value is -1.16. The van der Waals surface area contributed by atoms with Crippen molar-refractivity contribution in [3.05, 3.63) is 46.6 Å². The van der Waals surface area contributed by atoms with Crippen LogP contribution < -0.4 is 0 Å². The highest BCUT2D eigenvalue weighted by Crippen LogP contribution is 2.40. The molecule has 2 aliphatic rings. The average Bonchev–Trinajstić information content (AvgIpc) is 2.84. The van der Waals surface area contributed by atoms with Crippen molar-refractivity contribution in [2.45, 2.75) is 144 Å². The van der Waals surface area contributed by atoms with Crippen LogP contribution in [0.3, 0.4) is 0 Å². The normalized spacial score (nSPS) is 25.8. The molecule has 0 spiro atoms. The number of nitrogens with zero attached hydrogens (tertiary/aromatic N) is 1. The van der Waals surface area contributed by atoms with E-state index < -0.39 is 0 Å². The quantitative estimate of drug-likeness (QED) is 0.170. The molecule has 0 bridgehead atoms. The van der Waals surface area contributed by atoms with Crippen molar-refractivity contribution >= 4 is 0 Å². The van der Waals surface area contributed by atoms with Crippen LogP contribution in [0.2, 0.25) is 0 Å². The third-order valence-corrected chi connectivity index (χ3v) is 8.51. The summed E-state index contributed by atoms with van der Waals surface area (Å²) in [5.74, 6) is 0. The molecule has 0 aliphatic carbocycles. The Balaban J connectivity index is 1.73. The second-order valence-electron chi connectivity index (χ2n) is 12.7. The van der Waals surface area contributed by atoms with Crippen LogP contribution in [-0.2, 0) is 9.47 Å². The predicted molar refractivity (Wildman–Crippen MR) is 161 cm³/mol. The number of hydrogen-bond acceptors (Lipinski definition) is 3. The van der Waals surface area contributed by atoms with Crippen LogP contribution in [0.1, 0.15) is 126 Å². The third-order valence-electron chi connectivity index (χ3n) is 8.51. The van der Waals surface area contributed by atoms with E-state index in [1.165, 1.54) is 73.7 Å². The lowest BCUT2D eigenvalue weighted by Crippen LogP contribution is -2.56. The molecule has 2 aliphatic heterocycles. The molecule has 0 saturated carbocycles. The molecule has 0 radical (unpaired) electrons. The summed E-state index contributed by atoms with van der Waals surface area (Å²) >= 11 is 0. The maximum atomic E-state index is 6.53. The molecule has 1 unspecified atom stereocenters. The van der Waals surface area contributed by atoms with Crippen LogP contribution in [0.4, 0.5) is 0 Å². The van der Waals surface area contributed by atoms with Crippen LogP contribution in [0.15, 0.2) is 46.6 Å². The third kappa shape index (κ3) is 12.1. The van der Waals surface area contributed by atoms with Gasteiger partial charge >= 0.3 is 0 Å². The second kappa shape index (κ2) is 16.7. The standard InChI is InChI=1S/C34H59NO2/c1-27(2)15-13-18-29(4)20-14-19-28(3)16-9-10-17-30(5)22-23-31-34(6,7)32(24-25-35(31)8)37-33-21-11-12-26-36-33/h15-17,20,31-33H,9-14,18-19,21-26H2,1-8H3/b28-16+,29-20+,30-17+/t31-,32-,33?/m0/s1. The fraction of sp³-hybridized carbons (Fsp3) is 0.765. The molecule has 2 rings (SSSR count). The van der Waals surface area contributed by atoms with E-state index in [0.717, 1.165) is 38.8 Å². The molecule has 37 heavy (non-hydrogen) atoms. The van der Waals surface area contributed by atoms with Crippen molar-refractivity contribution in [3.8, 4) is 0 Å². The summed E-state index contributed by atoms with van der Waals surface area (Å²) in [5.41, 5.74) is 6.13. The first kappa shape index (κ1) is 32.1. The summed E-state index contributed by atoms with van der Waals surface area (Å²) in [4.78, 5) is 2.57. The van der Waals surface area contributed by atoms with Crippen molar-refractivity contribution in [2.75, 3.05) is 20.2 Å². The molecule has 2 saturated heterocycles. The van der Waals surface area contributed by atoms with Crippen molar-refractivity contribution in [3.63, 3.8) is 0 Å². The molecule has 3 nitrogen and oxygen atoms in total. The molecule has 2 fully saturated rings. The van der Waals surface area contributed by atoms with Gasteiger partial charge in [0.15, 0.2) is 6.29 Å². The molecule has 0 aromatic rings. The fourth-order valence-electron chi connectivity index (χ4n) is 5.93. The SMILES string of the molecule is CC(C)=CCC/C(C)=C/CC/C(C)=C/CC/C=C(\C)CC[C@@H]1N(C)CC[C@H](OC2CCCCO2)C1(C)C. The van der Waals surface area contributed by atoms with E-state index >= 15 is 0 Å². The van der Waals surface area contributed by atoms with Gasteiger partial charge in [0.25, 0.3) is 0 Å². The molecule has 212 valence electrons. The zero-order valence-corrected chi connectivity index (χ0v) is 25.7. The molecule has 3 heteroatoms. The summed E-state index contributed by atoms with van der Waals surface area (Å²) in [6, 6.07) is 0.541. The summed E-state index contributed by atoms with van der Waals surface area (Å²) in [6.45, 7) is 18.0. The van der Waals surface area contributed by atoms with E-state index in [9.17, 15) is 0 Å². The van der Waals surface area contributed by atoms with Gasteiger partial charge in [0.05, 0.1) is 6.10 Å². The summed E-state index contributed by atoms with van der Waals surface area (Å²) in [7, 11) is 2.30. The van der Waals surface area contributed by atoms with Crippen molar-refractivity contribution < 1.29 is 9.47 Å². The average molecular weight is 514 g/mol. The molecule has 0 N–H and O–H groups in total. The number of likely N-dealkylation sites (tertiary alicyclic amines) is 1. The van der Waals surface area contributed by atoms with Gasteiger partial charge < -0.3 is 14.4 Å². The largest absolute Gasteiger partial charge is 0.353 e. The maximum Gasteiger partial charge on any atom is 0.157 e. The van der Waals surface area contributed by atoms with Gasteiger partial charge in [-0.1, -0.05) is 60.4 Å². The zero-order chi connectivity index (χ0) is 27.3. The predicted octanol–water partition coefficient (Wildman–Crippen LogP) is 9.55. The van der Waals surface area contributed by atoms with Crippen LogP contribution in [0, 0.1) is 5.41 Å². The van der Waals surface area contributed by atoms with Gasteiger partial charge in [-0.15, -0.1) is 0 Å². The van der Waals surface area contributed by atoms with Crippen molar-refractivity contribution in [1.29, 1.82) is 0 Å². The molecule has 3 atom stereocenters. The minimum absolute atomic E-state index is 0.00724. The van der Waals surface area contributed by atoms with Gasteiger partial charge in [0.1, 0.15) is 0 Å². The number of hydrogen-bond donors (Lipinski definition) is 0.